The quantitative estimate of drug-likeness (QED) is 0.242. The van der Waals surface area contributed by atoms with E-state index < -0.39 is 16.7 Å². The smallest absolute Gasteiger partial charge is 0.272 e. The van der Waals surface area contributed by atoms with Crippen LogP contribution in [0.2, 0.25) is 5.02 Å². The molecule has 0 aliphatic rings. The van der Waals surface area contributed by atoms with Crippen molar-refractivity contribution in [3.05, 3.63) is 92.6 Å². The van der Waals surface area contributed by atoms with E-state index in [9.17, 15) is 19.7 Å². The van der Waals surface area contributed by atoms with Gasteiger partial charge in [0.05, 0.1) is 31.8 Å². The molecule has 0 aliphatic carbocycles. The number of anilines is 1. The Kier molecular flexibility index (Phi) is 8.48. The summed E-state index contributed by atoms with van der Waals surface area (Å²) in [5.74, 6) is -0.278. The fourth-order valence-corrected chi connectivity index (χ4v) is 3.39. The van der Waals surface area contributed by atoms with E-state index in [1.54, 1.807) is 30.3 Å². The summed E-state index contributed by atoms with van der Waals surface area (Å²) in [5.41, 5.74) is 0.412. The van der Waals surface area contributed by atoms with Crippen LogP contribution in [0.25, 0.3) is 6.08 Å². The standard InChI is InChI=1S/C25H22ClN3O7/c1-34-21-9-7-16(26)13-19(21)24(30)28-20(12-15-5-4-6-18(11-15)29(32)33)25(31)27-17-8-10-22(35-2)23(14-17)36-3/h4-14H,1-3H3,(H,27,31)(H,28,30). The van der Waals surface area contributed by atoms with Gasteiger partial charge in [-0.15, -0.1) is 0 Å². The molecule has 0 fully saturated rings. The third kappa shape index (κ3) is 6.30. The SMILES string of the molecule is COc1ccc(NC(=O)C(=Cc2cccc([N+](=O)[O-])c2)NC(=O)c2cc(Cl)ccc2OC)cc1OC. The molecule has 3 aromatic rings. The highest BCUT2D eigenvalue weighted by Gasteiger charge is 2.19. The van der Waals surface area contributed by atoms with Crippen LogP contribution in [0.4, 0.5) is 11.4 Å². The van der Waals surface area contributed by atoms with E-state index in [4.69, 9.17) is 25.8 Å². The molecule has 0 unspecified atom stereocenters. The summed E-state index contributed by atoms with van der Waals surface area (Å²) in [5, 5.41) is 16.7. The Balaban J connectivity index is 1.99. The van der Waals surface area contributed by atoms with E-state index in [2.05, 4.69) is 10.6 Å². The Morgan fingerprint density at radius 2 is 1.61 bits per heavy atom. The first-order valence-electron chi connectivity index (χ1n) is 10.4. The number of hydrogen-bond donors (Lipinski definition) is 2. The second kappa shape index (κ2) is 11.7. The lowest BCUT2D eigenvalue weighted by Gasteiger charge is -2.14. The summed E-state index contributed by atoms with van der Waals surface area (Å²) in [7, 11) is 4.33. The maximum absolute atomic E-state index is 13.2. The van der Waals surface area contributed by atoms with Crippen LogP contribution in [-0.2, 0) is 4.79 Å². The van der Waals surface area contributed by atoms with Gasteiger partial charge in [0.2, 0.25) is 0 Å². The first-order valence-corrected chi connectivity index (χ1v) is 10.8. The van der Waals surface area contributed by atoms with E-state index in [1.807, 2.05) is 0 Å². The highest BCUT2D eigenvalue weighted by atomic mass is 35.5. The van der Waals surface area contributed by atoms with E-state index >= 15 is 0 Å². The largest absolute Gasteiger partial charge is 0.496 e. The van der Waals surface area contributed by atoms with Crippen LogP contribution in [0.3, 0.4) is 0 Å². The third-order valence-corrected chi connectivity index (χ3v) is 5.17. The van der Waals surface area contributed by atoms with E-state index in [1.165, 1.54) is 57.7 Å². The number of non-ortho nitro benzene ring substituents is 1. The predicted octanol–water partition coefficient (Wildman–Crippen LogP) is 4.68. The normalized spacial score (nSPS) is 10.8. The zero-order valence-electron chi connectivity index (χ0n) is 19.5. The molecule has 2 N–H and O–H groups in total. The molecule has 36 heavy (non-hydrogen) atoms. The van der Waals surface area contributed by atoms with Gasteiger partial charge in [-0.3, -0.25) is 19.7 Å². The number of rotatable bonds is 9. The monoisotopic (exact) mass is 511 g/mol. The highest BCUT2D eigenvalue weighted by molar-refractivity contribution is 6.31. The van der Waals surface area contributed by atoms with E-state index in [0.717, 1.165) is 0 Å². The van der Waals surface area contributed by atoms with Gasteiger partial charge < -0.3 is 24.8 Å². The number of amides is 2. The minimum absolute atomic E-state index is 0.0915. The molecule has 0 saturated heterocycles. The fraction of sp³-hybridized carbons (Fsp3) is 0.120. The molecule has 0 heterocycles. The Morgan fingerprint density at radius 1 is 0.917 bits per heavy atom. The molecule has 3 rings (SSSR count). The van der Waals surface area contributed by atoms with Gasteiger partial charge in [0.25, 0.3) is 17.5 Å². The summed E-state index contributed by atoms with van der Waals surface area (Å²) < 4.78 is 15.7. The van der Waals surface area contributed by atoms with Gasteiger partial charge in [-0.1, -0.05) is 23.7 Å². The fourth-order valence-electron chi connectivity index (χ4n) is 3.21. The number of benzene rings is 3. The summed E-state index contributed by atoms with van der Waals surface area (Å²) in [6.45, 7) is 0. The Morgan fingerprint density at radius 3 is 2.28 bits per heavy atom. The Labute approximate surface area is 211 Å². The van der Waals surface area contributed by atoms with Crippen molar-refractivity contribution in [1.29, 1.82) is 0 Å². The van der Waals surface area contributed by atoms with E-state index in [-0.39, 0.29) is 22.7 Å². The van der Waals surface area contributed by atoms with Crippen molar-refractivity contribution in [2.24, 2.45) is 0 Å². The average molecular weight is 512 g/mol. The Hall–Kier alpha value is -4.57. The number of hydrogen-bond acceptors (Lipinski definition) is 7. The molecule has 0 aliphatic heterocycles. The predicted molar refractivity (Wildman–Crippen MR) is 135 cm³/mol. The van der Waals surface area contributed by atoms with Crippen LogP contribution in [0, 0.1) is 10.1 Å². The Bertz CT molecular complexity index is 1340. The van der Waals surface area contributed by atoms with Gasteiger partial charge in [0.1, 0.15) is 11.4 Å². The average Bonchev–Trinajstić information content (AvgIpc) is 2.88. The second-order valence-electron chi connectivity index (χ2n) is 7.23. The van der Waals surface area contributed by atoms with Crippen molar-refractivity contribution in [1.82, 2.24) is 5.32 Å². The molecule has 0 radical (unpaired) electrons. The maximum atomic E-state index is 13.2. The molecule has 0 aromatic heterocycles. The summed E-state index contributed by atoms with van der Waals surface area (Å²) >= 11 is 6.04. The molecular weight excluding hydrogens is 490 g/mol. The van der Waals surface area contributed by atoms with Crippen LogP contribution in [0.5, 0.6) is 17.2 Å². The van der Waals surface area contributed by atoms with Crippen molar-refractivity contribution >= 4 is 40.9 Å². The van der Waals surface area contributed by atoms with Gasteiger partial charge in [0.15, 0.2) is 11.5 Å². The molecule has 10 nitrogen and oxygen atoms in total. The van der Waals surface area contributed by atoms with Crippen molar-refractivity contribution in [3.8, 4) is 17.2 Å². The molecular formula is C25H22ClN3O7. The van der Waals surface area contributed by atoms with Crippen LogP contribution < -0.4 is 24.8 Å². The first kappa shape index (κ1) is 26.0. The number of nitrogens with one attached hydrogen (secondary N) is 2. The van der Waals surface area contributed by atoms with Gasteiger partial charge in [0, 0.05) is 28.9 Å². The molecule has 11 heteroatoms. The van der Waals surface area contributed by atoms with Gasteiger partial charge >= 0.3 is 0 Å². The van der Waals surface area contributed by atoms with Crippen LogP contribution >= 0.6 is 11.6 Å². The first-order chi connectivity index (χ1) is 17.2. The van der Waals surface area contributed by atoms with Crippen LogP contribution in [0.1, 0.15) is 15.9 Å². The molecule has 2 amide bonds. The van der Waals surface area contributed by atoms with Crippen molar-refractivity contribution in [2.75, 3.05) is 26.6 Å². The van der Waals surface area contributed by atoms with Crippen molar-refractivity contribution in [2.45, 2.75) is 0 Å². The van der Waals surface area contributed by atoms with Gasteiger partial charge in [-0.25, -0.2) is 0 Å². The number of ether oxygens (including phenoxy) is 3. The number of carbonyl (C=O) groups excluding carboxylic acids is 2. The third-order valence-electron chi connectivity index (χ3n) is 4.93. The lowest BCUT2D eigenvalue weighted by atomic mass is 10.1. The zero-order valence-corrected chi connectivity index (χ0v) is 20.3. The number of nitro groups is 1. The summed E-state index contributed by atoms with van der Waals surface area (Å²) in [6.07, 6.45) is 1.32. The molecule has 0 bridgehead atoms. The van der Waals surface area contributed by atoms with Crippen LogP contribution in [0.15, 0.2) is 66.4 Å². The topological polar surface area (TPSA) is 129 Å². The molecule has 0 saturated carbocycles. The molecule has 0 atom stereocenters. The zero-order chi connectivity index (χ0) is 26.2. The highest BCUT2D eigenvalue weighted by Crippen LogP contribution is 2.30. The molecule has 0 spiro atoms. The number of nitro benzene ring substituents is 1. The number of halogens is 1. The number of carbonyl (C=O) groups is 2. The number of methoxy groups -OCH3 is 3. The second-order valence-corrected chi connectivity index (χ2v) is 7.67. The van der Waals surface area contributed by atoms with Crippen molar-refractivity contribution < 1.29 is 28.7 Å². The maximum Gasteiger partial charge on any atom is 0.272 e. The van der Waals surface area contributed by atoms with Gasteiger partial charge in [-0.05, 0) is 42.0 Å². The van der Waals surface area contributed by atoms with E-state index in [0.29, 0.717) is 27.8 Å². The summed E-state index contributed by atoms with van der Waals surface area (Å²) in [6, 6.07) is 14.8. The van der Waals surface area contributed by atoms with Crippen molar-refractivity contribution in [3.63, 3.8) is 0 Å². The van der Waals surface area contributed by atoms with Gasteiger partial charge in [-0.2, -0.15) is 0 Å². The molecule has 3 aromatic carbocycles. The minimum atomic E-state index is -0.692. The minimum Gasteiger partial charge on any atom is -0.496 e. The number of nitrogens with zero attached hydrogens (tertiary/aromatic N) is 1. The van der Waals surface area contributed by atoms with Crippen LogP contribution in [-0.4, -0.2) is 38.1 Å². The lowest BCUT2D eigenvalue weighted by Crippen LogP contribution is -2.31. The lowest BCUT2D eigenvalue weighted by molar-refractivity contribution is -0.384. The molecule has 186 valence electrons. The summed E-state index contributed by atoms with van der Waals surface area (Å²) in [4.78, 5) is 36.9.